The number of benzene rings is 1. The van der Waals surface area contributed by atoms with Gasteiger partial charge in [0.05, 0.1) is 5.69 Å². The van der Waals surface area contributed by atoms with Gasteiger partial charge in [-0.2, -0.15) is 0 Å². The molecule has 0 N–H and O–H groups in total. The summed E-state index contributed by atoms with van der Waals surface area (Å²) in [6.07, 6.45) is 3.44. The second-order valence-corrected chi connectivity index (χ2v) is 6.20. The van der Waals surface area contributed by atoms with Crippen molar-refractivity contribution in [1.29, 1.82) is 0 Å². The first-order chi connectivity index (χ1) is 9.63. The van der Waals surface area contributed by atoms with E-state index in [9.17, 15) is 8.78 Å². The molecule has 4 heteroatoms. The Morgan fingerprint density at radius 3 is 2.40 bits per heavy atom. The number of anilines is 1. The average molecular weight is 280 g/mol. The molecule has 3 rings (SSSR count). The predicted octanol–water partition coefficient (Wildman–Crippen LogP) is 3.28. The van der Waals surface area contributed by atoms with Gasteiger partial charge in [0.25, 0.3) is 0 Å². The van der Waals surface area contributed by atoms with E-state index in [1.54, 1.807) is 6.07 Å². The summed E-state index contributed by atoms with van der Waals surface area (Å²) in [7, 11) is 0. The molecule has 2 nitrogen and oxygen atoms in total. The van der Waals surface area contributed by atoms with E-state index in [1.165, 1.54) is 25.6 Å². The lowest BCUT2D eigenvalue weighted by atomic mass is 10.0. The minimum Gasteiger partial charge on any atom is -0.369 e. The highest BCUT2D eigenvalue weighted by Gasteiger charge is 2.29. The van der Waals surface area contributed by atoms with Gasteiger partial charge in [0.15, 0.2) is 0 Å². The van der Waals surface area contributed by atoms with Crippen LogP contribution in [-0.4, -0.2) is 37.1 Å². The third kappa shape index (κ3) is 2.80. The maximum Gasteiger partial charge on any atom is 0.149 e. The quantitative estimate of drug-likeness (QED) is 0.820. The molecule has 1 aromatic rings. The lowest BCUT2D eigenvalue weighted by Gasteiger charge is -2.38. The van der Waals surface area contributed by atoms with E-state index < -0.39 is 11.6 Å². The molecule has 0 aromatic heterocycles. The fraction of sp³-hybridized carbons (Fsp3) is 0.625. The Bertz CT molecular complexity index is 470. The summed E-state index contributed by atoms with van der Waals surface area (Å²) in [6.45, 7) is 6.44. The lowest BCUT2D eigenvalue weighted by Crippen LogP contribution is -2.44. The predicted molar refractivity (Wildman–Crippen MR) is 76.9 cm³/mol. The third-order valence-corrected chi connectivity index (χ3v) is 4.69. The molecule has 20 heavy (non-hydrogen) atoms. The van der Waals surface area contributed by atoms with E-state index in [-0.39, 0.29) is 0 Å². The normalized spacial score (nSPS) is 25.4. The van der Waals surface area contributed by atoms with Crippen LogP contribution in [0.1, 0.15) is 26.2 Å². The Balaban J connectivity index is 1.61. The molecule has 1 atom stereocenters. The zero-order valence-electron chi connectivity index (χ0n) is 12.0. The third-order valence-electron chi connectivity index (χ3n) is 4.69. The molecule has 0 amide bonds. The van der Waals surface area contributed by atoms with Crippen molar-refractivity contribution in [2.24, 2.45) is 5.92 Å². The number of nitrogens with zero attached hydrogens (tertiary/aromatic N) is 2. The molecule has 0 spiro atoms. The van der Waals surface area contributed by atoms with E-state index >= 15 is 0 Å². The smallest absolute Gasteiger partial charge is 0.149 e. The topological polar surface area (TPSA) is 6.48 Å². The summed E-state index contributed by atoms with van der Waals surface area (Å²) in [6, 6.07) is 4.51. The Hall–Kier alpha value is -1.16. The van der Waals surface area contributed by atoms with Crippen LogP contribution in [0.5, 0.6) is 0 Å². The first-order valence-corrected chi connectivity index (χ1v) is 7.57. The van der Waals surface area contributed by atoms with Crippen molar-refractivity contribution in [3.8, 4) is 0 Å². The van der Waals surface area contributed by atoms with Crippen molar-refractivity contribution in [3.63, 3.8) is 0 Å². The standard InChI is InChI=1S/C16H22F2N2/c1-12-4-7-20(11-12)14-5-8-19(9-6-14)16-3-2-13(17)10-15(16)18/h2-3,10,12,14H,4-9,11H2,1H3. The Morgan fingerprint density at radius 1 is 1.05 bits per heavy atom. The number of hydrogen-bond acceptors (Lipinski definition) is 2. The van der Waals surface area contributed by atoms with Gasteiger partial charge in [-0.05, 0) is 43.9 Å². The summed E-state index contributed by atoms with van der Waals surface area (Å²) < 4.78 is 26.7. The monoisotopic (exact) mass is 280 g/mol. The fourth-order valence-electron chi connectivity index (χ4n) is 3.51. The zero-order chi connectivity index (χ0) is 14.1. The zero-order valence-corrected chi connectivity index (χ0v) is 12.0. The molecule has 0 radical (unpaired) electrons. The van der Waals surface area contributed by atoms with Gasteiger partial charge in [0.2, 0.25) is 0 Å². The Labute approximate surface area is 119 Å². The molecule has 0 bridgehead atoms. The fourth-order valence-corrected chi connectivity index (χ4v) is 3.51. The summed E-state index contributed by atoms with van der Waals surface area (Å²) >= 11 is 0. The maximum absolute atomic E-state index is 13.8. The SMILES string of the molecule is CC1CCN(C2CCN(c3ccc(F)cc3F)CC2)C1. The van der Waals surface area contributed by atoms with Gasteiger partial charge in [0, 0.05) is 31.7 Å². The van der Waals surface area contributed by atoms with E-state index in [2.05, 4.69) is 11.8 Å². The summed E-state index contributed by atoms with van der Waals surface area (Å²) in [4.78, 5) is 4.63. The second-order valence-electron chi connectivity index (χ2n) is 6.20. The van der Waals surface area contributed by atoms with Crippen LogP contribution in [0.25, 0.3) is 0 Å². The maximum atomic E-state index is 13.8. The van der Waals surface area contributed by atoms with Gasteiger partial charge in [0.1, 0.15) is 11.6 Å². The van der Waals surface area contributed by atoms with Crippen LogP contribution < -0.4 is 4.90 Å². The van der Waals surface area contributed by atoms with Crippen LogP contribution in [0, 0.1) is 17.6 Å². The van der Waals surface area contributed by atoms with Gasteiger partial charge in [-0.3, -0.25) is 4.90 Å². The Morgan fingerprint density at radius 2 is 1.80 bits per heavy atom. The van der Waals surface area contributed by atoms with E-state index in [4.69, 9.17) is 0 Å². The molecule has 2 aliphatic heterocycles. The van der Waals surface area contributed by atoms with Crippen molar-refractivity contribution in [2.75, 3.05) is 31.1 Å². The molecule has 1 unspecified atom stereocenters. The molecule has 0 aliphatic carbocycles. The van der Waals surface area contributed by atoms with Gasteiger partial charge < -0.3 is 4.90 Å². The van der Waals surface area contributed by atoms with Crippen LogP contribution in [0.3, 0.4) is 0 Å². The molecular formula is C16H22F2N2. The summed E-state index contributed by atoms with van der Waals surface area (Å²) in [5.41, 5.74) is 0.541. The van der Waals surface area contributed by atoms with E-state index in [0.717, 1.165) is 37.9 Å². The number of hydrogen-bond donors (Lipinski definition) is 0. The number of likely N-dealkylation sites (tertiary alicyclic amines) is 1. The summed E-state index contributed by atoms with van der Waals surface area (Å²) in [5, 5.41) is 0. The van der Waals surface area contributed by atoms with Crippen LogP contribution in [0.15, 0.2) is 18.2 Å². The van der Waals surface area contributed by atoms with Crippen molar-refractivity contribution in [1.82, 2.24) is 4.90 Å². The highest BCUT2D eigenvalue weighted by molar-refractivity contribution is 5.48. The van der Waals surface area contributed by atoms with Crippen molar-refractivity contribution >= 4 is 5.69 Å². The van der Waals surface area contributed by atoms with Crippen molar-refractivity contribution in [2.45, 2.75) is 32.2 Å². The molecule has 110 valence electrons. The molecule has 2 saturated heterocycles. The second kappa shape index (κ2) is 5.68. The molecular weight excluding hydrogens is 258 g/mol. The number of piperidine rings is 1. The van der Waals surface area contributed by atoms with Crippen molar-refractivity contribution in [3.05, 3.63) is 29.8 Å². The van der Waals surface area contributed by atoms with Gasteiger partial charge in [-0.25, -0.2) is 8.78 Å². The minimum absolute atomic E-state index is 0.446. The molecule has 2 aliphatic rings. The van der Waals surface area contributed by atoms with Gasteiger partial charge in [-0.15, -0.1) is 0 Å². The van der Waals surface area contributed by atoms with Gasteiger partial charge >= 0.3 is 0 Å². The van der Waals surface area contributed by atoms with E-state index in [1.807, 2.05) is 4.90 Å². The molecule has 2 heterocycles. The molecule has 0 saturated carbocycles. The van der Waals surface area contributed by atoms with Crippen molar-refractivity contribution < 1.29 is 8.78 Å². The lowest BCUT2D eigenvalue weighted by molar-refractivity contribution is 0.202. The molecule has 1 aromatic carbocycles. The molecule has 2 fully saturated rings. The number of rotatable bonds is 2. The first kappa shape index (κ1) is 13.8. The minimum atomic E-state index is -0.507. The van der Waals surface area contributed by atoms with Crippen LogP contribution in [0.4, 0.5) is 14.5 Å². The first-order valence-electron chi connectivity index (χ1n) is 7.57. The summed E-state index contributed by atoms with van der Waals surface area (Å²) in [5.74, 6) is -0.145. The Kier molecular flexibility index (Phi) is 3.92. The largest absolute Gasteiger partial charge is 0.369 e. The number of halogens is 2. The van der Waals surface area contributed by atoms with Crippen LogP contribution in [0.2, 0.25) is 0 Å². The van der Waals surface area contributed by atoms with Crippen LogP contribution in [-0.2, 0) is 0 Å². The highest BCUT2D eigenvalue weighted by Crippen LogP contribution is 2.28. The van der Waals surface area contributed by atoms with E-state index in [0.29, 0.717) is 11.7 Å². The average Bonchev–Trinajstić information content (AvgIpc) is 2.86. The van der Waals surface area contributed by atoms with Crippen LogP contribution >= 0.6 is 0 Å². The highest BCUT2D eigenvalue weighted by atomic mass is 19.1. The van der Waals surface area contributed by atoms with Gasteiger partial charge in [-0.1, -0.05) is 6.92 Å².